The Morgan fingerprint density at radius 2 is 2.41 bits per heavy atom. The lowest BCUT2D eigenvalue weighted by atomic mass is 10.3. The van der Waals surface area contributed by atoms with Gasteiger partial charge in [-0.15, -0.1) is 11.3 Å². The Morgan fingerprint density at radius 3 is 2.94 bits per heavy atom. The van der Waals surface area contributed by atoms with Crippen LogP contribution in [-0.2, 0) is 16.0 Å². The summed E-state index contributed by atoms with van der Waals surface area (Å²) >= 11 is 1.53. The lowest BCUT2D eigenvalue weighted by Crippen LogP contribution is -2.37. The van der Waals surface area contributed by atoms with Crippen molar-refractivity contribution in [2.24, 2.45) is 0 Å². The van der Waals surface area contributed by atoms with Crippen LogP contribution in [-0.4, -0.2) is 54.3 Å². The van der Waals surface area contributed by atoms with Crippen molar-refractivity contribution in [1.82, 2.24) is 9.88 Å². The molecule has 17 heavy (non-hydrogen) atoms. The topological polar surface area (TPSA) is 62.7 Å². The lowest BCUT2D eigenvalue weighted by molar-refractivity contribution is -0.130. The van der Waals surface area contributed by atoms with Crippen LogP contribution in [0.1, 0.15) is 10.7 Å². The molecule has 1 unspecified atom stereocenters. The molecule has 0 aromatic carbocycles. The van der Waals surface area contributed by atoms with Crippen LogP contribution in [0.5, 0.6) is 0 Å². The molecule has 0 radical (unpaired) electrons. The van der Waals surface area contributed by atoms with Crippen LogP contribution in [0.25, 0.3) is 0 Å². The third-order valence-corrected chi connectivity index (χ3v) is 3.09. The van der Waals surface area contributed by atoms with Crippen molar-refractivity contribution in [1.29, 1.82) is 0 Å². The Hall–Kier alpha value is -0.980. The van der Waals surface area contributed by atoms with Crippen molar-refractivity contribution < 1.29 is 14.6 Å². The number of amides is 1. The maximum atomic E-state index is 11.8. The maximum Gasteiger partial charge on any atom is 0.228 e. The predicted octanol–water partition coefficient (Wildman–Crippen LogP) is 0.460. The van der Waals surface area contributed by atoms with E-state index in [1.54, 1.807) is 7.05 Å². The van der Waals surface area contributed by atoms with Crippen molar-refractivity contribution in [3.63, 3.8) is 0 Å². The molecule has 6 heteroatoms. The predicted molar refractivity (Wildman–Crippen MR) is 66.1 cm³/mol. The largest absolute Gasteiger partial charge is 0.389 e. The number of aromatic nitrogens is 1. The van der Waals surface area contributed by atoms with Gasteiger partial charge in [-0.2, -0.15) is 0 Å². The van der Waals surface area contributed by atoms with E-state index in [-0.39, 0.29) is 25.5 Å². The first kappa shape index (κ1) is 14.1. The molecular weight excluding hydrogens is 240 g/mol. The number of aliphatic hydroxyl groups excluding tert-OH is 1. The zero-order valence-electron chi connectivity index (χ0n) is 10.3. The summed E-state index contributed by atoms with van der Waals surface area (Å²) in [6, 6.07) is 0. The maximum absolute atomic E-state index is 11.8. The standard InChI is InChI=1S/C11H18N2O3S/c1-8-12-9(7-17-8)4-11(15)13(2)5-10(14)6-16-3/h7,10,14H,4-6H2,1-3H3. The normalized spacial score (nSPS) is 12.5. The molecular formula is C11H18N2O3S. The molecule has 0 aliphatic carbocycles. The van der Waals surface area contributed by atoms with Gasteiger partial charge in [-0.05, 0) is 6.92 Å². The van der Waals surface area contributed by atoms with E-state index in [0.717, 1.165) is 10.7 Å². The number of likely N-dealkylation sites (N-methyl/N-ethyl adjacent to an activating group) is 1. The van der Waals surface area contributed by atoms with Crippen LogP contribution in [0.2, 0.25) is 0 Å². The first-order chi connectivity index (χ1) is 8.02. The smallest absolute Gasteiger partial charge is 0.228 e. The molecule has 0 bridgehead atoms. The quantitative estimate of drug-likeness (QED) is 0.805. The summed E-state index contributed by atoms with van der Waals surface area (Å²) in [5, 5.41) is 12.3. The monoisotopic (exact) mass is 258 g/mol. The lowest BCUT2D eigenvalue weighted by Gasteiger charge is -2.20. The van der Waals surface area contributed by atoms with E-state index in [1.165, 1.54) is 23.3 Å². The van der Waals surface area contributed by atoms with E-state index in [0.29, 0.717) is 0 Å². The minimum absolute atomic E-state index is 0.0505. The second kappa shape index (κ2) is 6.68. The van der Waals surface area contributed by atoms with E-state index in [9.17, 15) is 9.90 Å². The number of aliphatic hydroxyl groups is 1. The van der Waals surface area contributed by atoms with E-state index >= 15 is 0 Å². The molecule has 1 atom stereocenters. The molecule has 0 saturated carbocycles. The second-order valence-electron chi connectivity index (χ2n) is 3.92. The number of hydrogen-bond acceptors (Lipinski definition) is 5. The molecule has 0 saturated heterocycles. The van der Waals surface area contributed by atoms with Gasteiger partial charge in [0.1, 0.15) is 0 Å². The van der Waals surface area contributed by atoms with Gasteiger partial charge in [-0.1, -0.05) is 0 Å². The second-order valence-corrected chi connectivity index (χ2v) is 4.98. The fourth-order valence-corrected chi connectivity index (χ4v) is 2.05. The number of aryl methyl sites for hydroxylation is 1. The molecule has 1 aromatic rings. The summed E-state index contributed by atoms with van der Waals surface area (Å²) in [5.41, 5.74) is 0.783. The summed E-state index contributed by atoms with van der Waals surface area (Å²) in [4.78, 5) is 17.5. The molecule has 0 aliphatic rings. The Morgan fingerprint density at radius 1 is 1.71 bits per heavy atom. The molecule has 1 amide bonds. The Labute approximate surface area is 105 Å². The van der Waals surface area contributed by atoms with Crippen molar-refractivity contribution >= 4 is 17.2 Å². The molecule has 0 aliphatic heterocycles. The Balaban J connectivity index is 2.41. The summed E-state index contributed by atoms with van der Waals surface area (Å²) in [5.74, 6) is -0.0505. The van der Waals surface area contributed by atoms with Gasteiger partial charge in [0.25, 0.3) is 0 Å². The van der Waals surface area contributed by atoms with Crippen LogP contribution < -0.4 is 0 Å². The zero-order chi connectivity index (χ0) is 12.8. The average molecular weight is 258 g/mol. The van der Waals surface area contributed by atoms with Gasteiger partial charge in [-0.3, -0.25) is 4.79 Å². The number of methoxy groups -OCH3 is 1. The zero-order valence-corrected chi connectivity index (χ0v) is 11.2. The number of thiazole rings is 1. The highest BCUT2D eigenvalue weighted by molar-refractivity contribution is 7.09. The van der Waals surface area contributed by atoms with Gasteiger partial charge in [0.05, 0.1) is 29.8 Å². The average Bonchev–Trinajstić information content (AvgIpc) is 2.64. The highest BCUT2D eigenvalue weighted by Crippen LogP contribution is 2.09. The summed E-state index contributed by atoms with van der Waals surface area (Å²) in [6.07, 6.45) is -0.369. The first-order valence-electron chi connectivity index (χ1n) is 5.35. The molecule has 5 nitrogen and oxygen atoms in total. The van der Waals surface area contributed by atoms with Crippen LogP contribution in [0.15, 0.2) is 5.38 Å². The summed E-state index contributed by atoms with van der Waals surface area (Å²) in [7, 11) is 3.18. The van der Waals surface area contributed by atoms with E-state index in [4.69, 9.17) is 4.74 Å². The van der Waals surface area contributed by atoms with Gasteiger partial charge < -0.3 is 14.7 Å². The highest BCUT2D eigenvalue weighted by atomic mass is 32.1. The molecule has 96 valence electrons. The number of nitrogens with zero attached hydrogens (tertiary/aromatic N) is 2. The SMILES string of the molecule is COCC(O)CN(C)C(=O)Cc1csc(C)n1. The minimum atomic E-state index is -0.647. The molecule has 0 fully saturated rings. The Bertz CT molecular complexity index is 367. The van der Waals surface area contributed by atoms with Crippen molar-refractivity contribution in [2.75, 3.05) is 27.3 Å². The van der Waals surface area contributed by atoms with E-state index in [1.807, 2.05) is 12.3 Å². The van der Waals surface area contributed by atoms with Crippen LogP contribution in [0.4, 0.5) is 0 Å². The third kappa shape index (κ3) is 4.80. The number of carbonyl (C=O) groups excluding carboxylic acids is 1. The number of carbonyl (C=O) groups is 1. The number of rotatable bonds is 6. The summed E-state index contributed by atoms with van der Waals surface area (Å²) < 4.78 is 4.81. The van der Waals surface area contributed by atoms with Crippen LogP contribution in [0.3, 0.4) is 0 Å². The molecule has 1 aromatic heterocycles. The fourth-order valence-electron chi connectivity index (χ4n) is 1.44. The van der Waals surface area contributed by atoms with Gasteiger partial charge in [0.15, 0.2) is 0 Å². The van der Waals surface area contributed by atoms with Crippen molar-refractivity contribution in [2.45, 2.75) is 19.4 Å². The van der Waals surface area contributed by atoms with Gasteiger partial charge in [0.2, 0.25) is 5.91 Å². The molecule has 0 spiro atoms. The third-order valence-electron chi connectivity index (χ3n) is 2.27. The number of hydrogen-bond donors (Lipinski definition) is 1. The molecule has 1 rings (SSSR count). The Kier molecular flexibility index (Phi) is 5.54. The molecule has 1 N–H and O–H groups in total. The summed E-state index contributed by atoms with van der Waals surface area (Å²) in [6.45, 7) is 2.41. The van der Waals surface area contributed by atoms with Crippen LogP contribution in [0, 0.1) is 6.92 Å². The minimum Gasteiger partial charge on any atom is -0.389 e. The van der Waals surface area contributed by atoms with E-state index in [2.05, 4.69) is 4.98 Å². The highest BCUT2D eigenvalue weighted by Gasteiger charge is 2.15. The van der Waals surface area contributed by atoms with E-state index < -0.39 is 6.10 Å². The first-order valence-corrected chi connectivity index (χ1v) is 6.23. The van der Waals surface area contributed by atoms with Crippen molar-refractivity contribution in [3.8, 4) is 0 Å². The van der Waals surface area contributed by atoms with Gasteiger partial charge >= 0.3 is 0 Å². The number of ether oxygens (including phenoxy) is 1. The van der Waals surface area contributed by atoms with Crippen molar-refractivity contribution in [3.05, 3.63) is 16.1 Å². The van der Waals surface area contributed by atoms with Gasteiger partial charge in [0, 0.05) is 26.1 Å². The molecule has 1 heterocycles. The van der Waals surface area contributed by atoms with Crippen LogP contribution >= 0.6 is 11.3 Å². The fraction of sp³-hybridized carbons (Fsp3) is 0.636. The van der Waals surface area contributed by atoms with Gasteiger partial charge in [-0.25, -0.2) is 4.98 Å².